The Bertz CT molecular complexity index is 539. The number of aromatic nitrogens is 2. The van der Waals surface area contributed by atoms with Crippen molar-refractivity contribution in [2.75, 3.05) is 32.7 Å². The van der Waals surface area contributed by atoms with Crippen molar-refractivity contribution < 1.29 is 0 Å². The van der Waals surface area contributed by atoms with Crippen LogP contribution in [0.5, 0.6) is 0 Å². The van der Waals surface area contributed by atoms with E-state index in [1.807, 2.05) is 11.7 Å². The van der Waals surface area contributed by atoms with E-state index in [9.17, 15) is 0 Å². The number of likely N-dealkylation sites (tertiary alicyclic amines) is 1. The molecule has 7 heteroatoms. The zero-order valence-electron chi connectivity index (χ0n) is 15.7. The van der Waals surface area contributed by atoms with E-state index in [0.717, 1.165) is 37.2 Å². The van der Waals surface area contributed by atoms with Gasteiger partial charge in [0, 0.05) is 37.9 Å². The first-order chi connectivity index (χ1) is 11.0. The van der Waals surface area contributed by atoms with Gasteiger partial charge in [0.15, 0.2) is 5.96 Å². The standard InChI is InChI=1S/C17H32N6.HI/c1-6-18-17(19-10-15-8-9-23(7-2)12-15)20-11-16-13(3)21-22(5)14(16)4;/h15H,6-12H2,1-5H3,(H2,18,19,20);1H. The lowest BCUT2D eigenvalue weighted by atomic mass is 10.1. The van der Waals surface area contributed by atoms with Crippen molar-refractivity contribution in [1.82, 2.24) is 25.3 Å². The van der Waals surface area contributed by atoms with Crippen LogP contribution in [-0.2, 0) is 13.6 Å². The highest BCUT2D eigenvalue weighted by atomic mass is 127. The normalized spacial score (nSPS) is 18.5. The zero-order valence-corrected chi connectivity index (χ0v) is 18.1. The highest BCUT2D eigenvalue weighted by Gasteiger charge is 2.21. The molecule has 0 bridgehead atoms. The van der Waals surface area contributed by atoms with Gasteiger partial charge in [-0.1, -0.05) is 6.92 Å². The van der Waals surface area contributed by atoms with Crippen LogP contribution < -0.4 is 10.6 Å². The van der Waals surface area contributed by atoms with E-state index in [1.54, 1.807) is 0 Å². The first-order valence-corrected chi connectivity index (χ1v) is 8.78. The number of aryl methyl sites for hydroxylation is 2. The number of hydrogen-bond donors (Lipinski definition) is 2. The van der Waals surface area contributed by atoms with Gasteiger partial charge in [-0.2, -0.15) is 5.10 Å². The Morgan fingerprint density at radius 2 is 2.04 bits per heavy atom. The maximum Gasteiger partial charge on any atom is 0.191 e. The fourth-order valence-electron chi connectivity index (χ4n) is 3.15. The molecule has 1 unspecified atom stereocenters. The molecule has 1 aliphatic rings. The van der Waals surface area contributed by atoms with E-state index < -0.39 is 0 Å². The lowest BCUT2D eigenvalue weighted by Gasteiger charge is -2.16. The molecule has 1 aromatic rings. The molecule has 1 atom stereocenters. The van der Waals surface area contributed by atoms with Crippen molar-refractivity contribution in [3.05, 3.63) is 17.0 Å². The number of rotatable bonds is 6. The predicted octanol–water partition coefficient (Wildman–Crippen LogP) is 2.05. The molecule has 138 valence electrons. The van der Waals surface area contributed by atoms with Crippen molar-refractivity contribution >= 4 is 29.9 Å². The Morgan fingerprint density at radius 3 is 2.58 bits per heavy atom. The Hall–Kier alpha value is -0.830. The summed E-state index contributed by atoms with van der Waals surface area (Å²) in [4.78, 5) is 7.26. The Kier molecular flexibility index (Phi) is 9.04. The number of guanidine groups is 1. The molecule has 1 fully saturated rings. The van der Waals surface area contributed by atoms with Gasteiger partial charge in [-0.05, 0) is 46.2 Å². The molecule has 2 heterocycles. The van der Waals surface area contributed by atoms with Crippen LogP contribution in [-0.4, -0.2) is 53.4 Å². The summed E-state index contributed by atoms with van der Waals surface area (Å²) in [5.41, 5.74) is 3.48. The van der Waals surface area contributed by atoms with Crippen LogP contribution >= 0.6 is 24.0 Å². The second kappa shape index (κ2) is 10.2. The number of nitrogens with one attached hydrogen (secondary N) is 2. The molecule has 0 radical (unpaired) electrons. The SMILES string of the molecule is CCNC(=NCc1c(C)nn(C)c1C)NCC1CCN(CC)C1.I. The van der Waals surface area contributed by atoms with Gasteiger partial charge in [0.2, 0.25) is 0 Å². The van der Waals surface area contributed by atoms with Crippen LogP contribution in [0.1, 0.15) is 37.2 Å². The highest BCUT2D eigenvalue weighted by molar-refractivity contribution is 14.0. The summed E-state index contributed by atoms with van der Waals surface area (Å²) >= 11 is 0. The molecule has 0 saturated carbocycles. The van der Waals surface area contributed by atoms with Crippen molar-refractivity contribution in [2.24, 2.45) is 18.0 Å². The van der Waals surface area contributed by atoms with E-state index in [-0.39, 0.29) is 24.0 Å². The molecule has 2 rings (SSSR count). The van der Waals surface area contributed by atoms with Crippen molar-refractivity contribution in [3.8, 4) is 0 Å². The maximum absolute atomic E-state index is 4.75. The van der Waals surface area contributed by atoms with Crippen LogP contribution in [0, 0.1) is 19.8 Å². The van der Waals surface area contributed by atoms with Gasteiger partial charge >= 0.3 is 0 Å². The van der Waals surface area contributed by atoms with Crippen LogP contribution in [0.15, 0.2) is 4.99 Å². The van der Waals surface area contributed by atoms with Crippen molar-refractivity contribution in [3.63, 3.8) is 0 Å². The summed E-state index contributed by atoms with van der Waals surface area (Å²) < 4.78 is 1.93. The number of halogens is 1. The zero-order chi connectivity index (χ0) is 16.8. The van der Waals surface area contributed by atoms with Gasteiger partial charge in [-0.15, -0.1) is 24.0 Å². The van der Waals surface area contributed by atoms with Crippen LogP contribution in [0.25, 0.3) is 0 Å². The molecule has 0 amide bonds. The average molecular weight is 448 g/mol. The van der Waals surface area contributed by atoms with E-state index >= 15 is 0 Å². The molecule has 0 spiro atoms. The third-order valence-electron chi connectivity index (χ3n) is 4.77. The first kappa shape index (κ1) is 21.2. The van der Waals surface area contributed by atoms with Gasteiger partial charge < -0.3 is 15.5 Å². The molecule has 0 aromatic carbocycles. The molecule has 1 saturated heterocycles. The Balaban J connectivity index is 0.00000288. The summed E-state index contributed by atoms with van der Waals surface area (Å²) in [5, 5.41) is 11.3. The fraction of sp³-hybridized carbons (Fsp3) is 0.765. The smallest absolute Gasteiger partial charge is 0.191 e. The average Bonchev–Trinajstić information content (AvgIpc) is 3.08. The maximum atomic E-state index is 4.75. The minimum atomic E-state index is 0. The second-order valence-corrected chi connectivity index (χ2v) is 6.40. The lowest BCUT2D eigenvalue weighted by molar-refractivity contribution is 0.342. The Labute approximate surface area is 163 Å². The minimum Gasteiger partial charge on any atom is -0.357 e. The largest absolute Gasteiger partial charge is 0.357 e. The highest BCUT2D eigenvalue weighted by Crippen LogP contribution is 2.15. The molecule has 1 aromatic heterocycles. The molecule has 2 N–H and O–H groups in total. The Morgan fingerprint density at radius 1 is 1.29 bits per heavy atom. The van der Waals surface area contributed by atoms with Crippen LogP contribution in [0.4, 0.5) is 0 Å². The van der Waals surface area contributed by atoms with Crippen molar-refractivity contribution in [1.29, 1.82) is 0 Å². The monoisotopic (exact) mass is 448 g/mol. The molecule has 0 aliphatic carbocycles. The summed E-state index contributed by atoms with van der Waals surface area (Å²) in [7, 11) is 1.98. The van der Waals surface area contributed by atoms with E-state index in [4.69, 9.17) is 4.99 Å². The molecule has 6 nitrogen and oxygen atoms in total. The van der Waals surface area contributed by atoms with Gasteiger partial charge in [0.1, 0.15) is 0 Å². The summed E-state index contributed by atoms with van der Waals surface area (Å²) in [6.07, 6.45) is 1.28. The van der Waals surface area contributed by atoms with Gasteiger partial charge in [0.25, 0.3) is 0 Å². The molecule has 1 aliphatic heterocycles. The van der Waals surface area contributed by atoms with E-state index in [1.165, 1.54) is 30.8 Å². The number of nitrogens with zero attached hydrogens (tertiary/aromatic N) is 4. The summed E-state index contributed by atoms with van der Waals surface area (Å²) in [6.45, 7) is 14.6. The number of aliphatic imine (C=N–C) groups is 1. The lowest BCUT2D eigenvalue weighted by Crippen LogP contribution is -2.40. The molecular weight excluding hydrogens is 415 g/mol. The van der Waals surface area contributed by atoms with Gasteiger partial charge in [0.05, 0.1) is 12.2 Å². The minimum absolute atomic E-state index is 0. The molecule has 24 heavy (non-hydrogen) atoms. The van der Waals surface area contributed by atoms with Crippen LogP contribution in [0.3, 0.4) is 0 Å². The first-order valence-electron chi connectivity index (χ1n) is 8.78. The van der Waals surface area contributed by atoms with Crippen LogP contribution in [0.2, 0.25) is 0 Å². The second-order valence-electron chi connectivity index (χ2n) is 6.40. The van der Waals surface area contributed by atoms with Gasteiger partial charge in [-0.25, -0.2) is 4.99 Å². The topological polar surface area (TPSA) is 57.5 Å². The fourth-order valence-corrected chi connectivity index (χ4v) is 3.15. The predicted molar refractivity (Wildman–Crippen MR) is 111 cm³/mol. The molecular formula is C17H33IN6. The summed E-state index contributed by atoms with van der Waals surface area (Å²) in [5.74, 6) is 1.63. The number of hydrogen-bond acceptors (Lipinski definition) is 3. The quantitative estimate of drug-likeness (QED) is 0.398. The van der Waals surface area contributed by atoms with E-state index in [0.29, 0.717) is 6.54 Å². The third-order valence-corrected chi connectivity index (χ3v) is 4.77. The van der Waals surface area contributed by atoms with E-state index in [2.05, 4.69) is 48.3 Å². The van der Waals surface area contributed by atoms with Crippen molar-refractivity contribution in [2.45, 2.75) is 40.7 Å². The van der Waals surface area contributed by atoms with Gasteiger partial charge in [-0.3, -0.25) is 4.68 Å². The third kappa shape index (κ3) is 5.61. The summed E-state index contributed by atoms with van der Waals surface area (Å²) in [6, 6.07) is 0.